The molecule has 0 spiro atoms. The highest BCUT2D eigenvalue weighted by atomic mass is 16.5. The molecule has 1 unspecified atom stereocenters. The van der Waals surface area contributed by atoms with Crippen LogP contribution in [0.1, 0.15) is 24.0 Å². The van der Waals surface area contributed by atoms with Crippen LogP contribution in [0.5, 0.6) is 5.75 Å². The SMILES string of the molecule is COc1ccc(C)cc1/C=C/C(=O)N1CCCC(C(=O)N2CCOCC2)C1. The minimum Gasteiger partial charge on any atom is -0.496 e. The summed E-state index contributed by atoms with van der Waals surface area (Å²) in [5.74, 6) is 0.726. The number of piperidine rings is 1. The summed E-state index contributed by atoms with van der Waals surface area (Å²) in [6.45, 7) is 5.69. The summed E-state index contributed by atoms with van der Waals surface area (Å²) in [4.78, 5) is 29.0. The molecule has 6 heteroatoms. The molecule has 0 aliphatic carbocycles. The predicted molar refractivity (Wildman–Crippen MR) is 103 cm³/mol. The molecule has 0 N–H and O–H groups in total. The van der Waals surface area contributed by atoms with E-state index in [1.807, 2.05) is 30.0 Å². The van der Waals surface area contributed by atoms with Crippen molar-refractivity contribution in [3.8, 4) is 5.75 Å². The molecule has 2 fully saturated rings. The van der Waals surface area contributed by atoms with Gasteiger partial charge in [0.1, 0.15) is 5.75 Å². The van der Waals surface area contributed by atoms with Gasteiger partial charge in [-0.2, -0.15) is 0 Å². The number of hydrogen-bond donors (Lipinski definition) is 0. The zero-order valence-corrected chi connectivity index (χ0v) is 16.1. The summed E-state index contributed by atoms with van der Waals surface area (Å²) in [7, 11) is 1.62. The molecule has 1 aromatic carbocycles. The number of likely N-dealkylation sites (tertiary alicyclic amines) is 1. The van der Waals surface area contributed by atoms with Crippen molar-refractivity contribution < 1.29 is 19.1 Å². The minimum absolute atomic E-state index is 0.0574. The van der Waals surface area contributed by atoms with Gasteiger partial charge in [0.2, 0.25) is 11.8 Å². The number of nitrogens with zero attached hydrogens (tertiary/aromatic N) is 2. The topological polar surface area (TPSA) is 59.1 Å². The van der Waals surface area contributed by atoms with Gasteiger partial charge < -0.3 is 19.3 Å². The van der Waals surface area contributed by atoms with Crippen LogP contribution in [-0.2, 0) is 14.3 Å². The van der Waals surface area contributed by atoms with Crippen molar-refractivity contribution in [1.29, 1.82) is 0 Å². The van der Waals surface area contributed by atoms with Gasteiger partial charge in [-0.3, -0.25) is 9.59 Å². The summed E-state index contributed by atoms with van der Waals surface area (Å²) >= 11 is 0. The summed E-state index contributed by atoms with van der Waals surface area (Å²) in [5.41, 5.74) is 1.99. The molecule has 0 radical (unpaired) electrons. The number of ether oxygens (including phenoxy) is 2. The number of carbonyl (C=O) groups is 2. The first-order valence-electron chi connectivity index (χ1n) is 9.56. The van der Waals surface area contributed by atoms with Crippen molar-refractivity contribution in [1.82, 2.24) is 9.80 Å². The highest BCUT2D eigenvalue weighted by Crippen LogP contribution is 2.23. The second-order valence-corrected chi connectivity index (χ2v) is 7.14. The maximum Gasteiger partial charge on any atom is 0.246 e. The Morgan fingerprint density at radius 2 is 1.96 bits per heavy atom. The lowest BCUT2D eigenvalue weighted by Gasteiger charge is -2.35. The van der Waals surface area contributed by atoms with Crippen LogP contribution < -0.4 is 4.74 Å². The Labute approximate surface area is 160 Å². The van der Waals surface area contributed by atoms with E-state index in [4.69, 9.17) is 9.47 Å². The first kappa shape index (κ1) is 19.4. The maximum atomic E-state index is 12.7. The van der Waals surface area contributed by atoms with Gasteiger partial charge in [0.15, 0.2) is 0 Å². The summed E-state index contributed by atoms with van der Waals surface area (Å²) in [6.07, 6.45) is 5.07. The first-order valence-corrected chi connectivity index (χ1v) is 9.56. The van der Waals surface area contributed by atoms with Gasteiger partial charge in [0, 0.05) is 37.8 Å². The molecule has 2 amide bonds. The van der Waals surface area contributed by atoms with E-state index in [1.54, 1.807) is 24.2 Å². The number of hydrogen-bond acceptors (Lipinski definition) is 4. The van der Waals surface area contributed by atoms with Gasteiger partial charge in [-0.15, -0.1) is 0 Å². The van der Waals surface area contributed by atoms with Crippen LogP contribution in [0.3, 0.4) is 0 Å². The minimum atomic E-state index is -0.109. The fraction of sp³-hybridized carbons (Fsp3) is 0.524. The molecule has 2 heterocycles. The molecular formula is C21H28N2O4. The third kappa shape index (κ3) is 4.89. The number of benzene rings is 1. The van der Waals surface area contributed by atoms with Crippen molar-refractivity contribution >= 4 is 17.9 Å². The molecule has 6 nitrogen and oxygen atoms in total. The Bertz CT molecular complexity index is 710. The molecule has 146 valence electrons. The highest BCUT2D eigenvalue weighted by Gasteiger charge is 2.31. The van der Waals surface area contributed by atoms with Crippen LogP contribution in [0.25, 0.3) is 6.08 Å². The summed E-state index contributed by atoms with van der Waals surface area (Å²) in [6, 6.07) is 5.87. The molecule has 1 atom stereocenters. The Kier molecular flexibility index (Phi) is 6.50. The Balaban J connectivity index is 1.63. The second-order valence-electron chi connectivity index (χ2n) is 7.14. The van der Waals surface area contributed by atoms with Gasteiger partial charge in [-0.05, 0) is 38.0 Å². The molecule has 0 aromatic heterocycles. The van der Waals surface area contributed by atoms with E-state index in [-0.39, 0.29) is 17.7 Å². The lowest BCUT2D eigenvalue weighted by Crippen LogP contribution is -2.49. The normalized spacial score (nSPS) is 20.7. The van der Waals surface area contributed by atoms with E-state index >= 15 is 0 Å². The third-order valence-electron chi connectivity index (χ3n) is 5.20. The fourth-order valence-corrected chi connectivity index (χ4v) is 3.67. The van der Waals surface area contributed by atoms with Gasteiger partial charge in [0.05, 0.1) is 26.2 Å². The van der Waals surface area contributed by atoms with Crippen molar-refractivity contribution in [3.63, 3.8) is 0 Å². The summed E-state index contributed by atoms with van der Waals surface area (Å²) in [5, 5.41) is 0. The van der Waals surface area contributed by atoms with E-state index < -0.39 is 0 Å². The third-order valence-corrected chi connectivity index (χ3v) is 5.20. The quantitative estimate of drug-likeness (QED) is 0.760. The number of rotatable bonds is 4. The second kappa shape index (κ2) is 9.04. The fourth-order valence-electron chi connectivity index (χ4n) is 3.67. The number of carbonyl (C=O) groups excluding carboxylic acids is 2. The van der Waals surface area contributed by atoms with E-state index in [9.17, 15) is 9.59 Å². The monoisotopic (exact) mass is 372 g/mol. The average Bonchev–Trinajstić information content (AvgIpc) is 2.72. The molecular weight excluding hydrogens is 344 g/mol. The van der Waals surface area contributed by atoms with E-state index in [0.717, 1.165) is 29.7 Å². The van der Waals surface area contributed by atoms with Crippen molar-refractivity contribution in [2.75, 3.05) is 46.5 Å². The van der Waals surface area contributed by atoms with Crippen LogP contribution in [0, 0.1) is 12.8 Å². The molecule has 2 aliphatic heterocycles. The van der Waals surface area contributed by atoms with Crippen molar-refractivity contribution in [2.24, 2.45) is 5.92 Å². The zero-order chi connectivity index (χ0) is 19.2. The molecule has 2 aliphatic rings. The van der Waals surface area contributed by atoms with Gasteiger partial charge >= 0.3 is 0 Å². The number of methoxy groups -OCH3 is 1. The Morgan fingerprint density at radius 1 is 1.19 bits per heavy atom. The van der Waals surface area contributed by atoms with Crippen LogP contribution in [-0.4, -0.2) is 68.1 Å². The number of aryl methyl sites for hydroxylation is 1. The lowest BCUT2D eigenvalue weighted by molar-refractivity contribution is -0.143. The van der Waals surface area contributed by atoms with Crippen molar-refractivity contribution in [3.05, 3.63) is 35.4 Å². The average molecular weight is 372 g/mol. The standard InChI is InChI=1S/C21H28N2O4/c1-16-5-7-19(26-2)17(14-16)6-8-20(24)23-9-3-4-18(15-23)21(25)22-10-12-27-13-11-22/h5-8,14,18H,3-4,9-13,15H2,1-2H3/b8-6+. The van der Waals surface area contributed by atoms with Crippen LogP contribution in [0.15, 0.2) is 24.3 Å². The number of morpholine rings is 1. The first-order chi connectivity index (χ1) is 13.1. The predicted octanol–water partition coefficient (Wildman–Crippen LogP) is 2.11. The largest absolute Gasteiger partial charge is 0.496 e. The Hall–Kier alpha value is -2.34. The van der Waals surface area contributed by atoms with E-state index in [2.05, 4.69) is 0 Å². The summed E-state index contributed by atoms with van der Waals surface area (Å²) < 4.78 is 10.7. The van der Waals surface area contributed by atoms with Crippen molar-refractivity contribution in [2.45, 2.75) is 19.8 Å². The number of amides is 2. The molecule has 3 rings (SSSR count). The smallest absolute Gasteiger partial charge is 0.246 e. The molecule has 0 bridgehead atoms. The Morgan fingerprint density at radius 3 is 2.70 bits per heavy atom. The van der Waals surface area contributed by atoms with E-state index in [0.29, 0.717) is 39.4 Å². The highest BCUT2D eigenvalue weighted by molar-refractivity contribution is 5.92. The molecule has 2 saturated heterocycles. The van der Waals surface area contributed by atoms with Gasteiger partial charge in [-0.1, -0.05) is 11.6 Å². The molecule has 0 saturated carbocycles. The van der Waals surface area contributed by atoms with Crippen LogP contribution >= 0.6 is 0 Å². The zero-order valence-electron chi connectivity index (χ0n) is 16.1. The van der Waals surface area contributed by atoms with Crippen LogP contribution in [0.4, 0.5) is 0 Å². The molecule has 27 heavy (non-hydrogen) atoms. The molecule has 1 aromatic rings. The van der Waals surface area contributed by atoms with Gasteiger partial charge in [0.25, 0.3) is 0 Å². The van der Waals surface area contributed by atoms with Gasteiger partial charge in [-0.25, -0.2) is 0 Å². The lowest BCUT2D eigenvalue weighted by atomic mass is 9.96. The van der Waals surface area contributed by atoms with Crippen LogP contribution in [0.2, 0.25) is 0 Å². The van der Waals surface area contributed by atoms with E-state index in [1.165, 1.54) is 0 Å². The maximum absolute atomic E-state index is 12.7.